The van der Waals surface area contributed by atoms with Gasteiger partial charge in [0.25, 0.3) is 0 Å². The minimum absolute atomic E-state index is 0.498. The van der Waals surface area contributed by atoms with Gasteiger partial charge in [-0.05, 0) is 55.5 Å². The van der Waals surface area contributed by atoms with Crippen molar-refractivity contribution in [2.45, 2.75) is 33.1 Å². The van der Waals surface area contributed by atoms with Crippen LogP contribution in [0.5, 0.6) is 0 Å². The lowest BCUT2D eigenvalue weighted by Gasteiger charge is -2.15. The molecule has 0 bridgehead atoms. The molecule has 2 N–H and O–H groups in total. The third-order valence-electron chi connectivity index (χ3n) is 2.66. The van der Waals surface area contributed by atoms with Gasteiger partial charge in [-0.25, -0.2) is 0 Å². The molecule has 0 aromatic heterocycles. The van der Waals surface area contributed by atoms with Gasteiger partial charge in [-0.1, -0.05) is 24.6 Å². The number of hydrogen-bond donors (Lipinski definition) is 1. The van der Waals surface area contributed by atoms with Gasteiger partial charge >= 0.3 is 0 Å². The van der Waals surface area contributed by atoms with Crippen molar-refractivity contribution in [2.24, 2.45) is 5.73 Å². The van der Waals surface area contributed by atoms with E-state index in [9.17, 15) is 0 Å². The number of nitrogens with two attached hydrogens (primary N) is 1. The molecular weight excluding hydrogens is 194 g/mol. The maximum Gasteiger partial charge on any atom is 0.0440 e. The maximum atomic E-state index is 6.13. The van der Waals surface area contributed by atoms with Crippen LogP contribution in [-0.4, -0.2) is 6.54 Å². The van der Waals surface area contributed by atoms with Crippen molar-refractivity contribution in [3.63, 3.8) is 0 Å². The molecule has 1 atom stereocenters. The lowest BCUT2D eigenvalue weighted by atomic mass is 9.92. The number of aryl methyl sites for hydroxylation is 1. The predicted molar refractivity (Wildman–Crippen MR) is 63.0 cm³/mol. The molecule has 0 saturated carbocycles. The lowest BCUT2D eigenvalue weighted by Crippen LogP contribution is -2.06. The second-order valence-corrected chi connectivity index (χ2v) is 4.35. The SMILES string of the molecule is Cc1cc(Cl)c(C)c(C(C)CCN)c1. The van der Waals surface area contributed by atoms with Crippen LogP contribution in [0.3, 0.4) is 0 Å². The van der Waals surface area contributed by atoms with E-state index in [-0.39, 0.29) is 0 Å². The van der Waals surface area contributed by atoms with E-state index < -0.39 is 0 Å². The Bertz CT molecular complexity index is 320. The van der Waals surface area contributed by atoms with E-state index in [4.69, 9.17) is 17.3 Å². The van der Waals surface area contributed by atoms with Crippen LogP contribution in [0.1, 0.15) is 36.0 Å². The van der Waals surface area contributed by atoms with Crippen LogP contribution in [0, 0.1) is 13.8 Å². The highest BCUT2D eigenvalue weighted by Gasteiger charge is 2.10. The first-order valence-corrected chi connectivity index (χ1v) is 5.40. The summed E-state index contributed by atoms with van der Waals surface area (Å²) in [6.07, 6.45) is 1.01. The number of halogens is 1. The molecule has 2 heteroatoms. The van der Waals surface area contributed by atoms with Crippen molar-refractivity contribution >= 4 is 11.6 Å². The van der Waals surface area contributed by atoms with E-state index in [1.807, 2.05) is 6.07 Å². The summed E-state index contributed by atoms with van der Waals surface area (Å²) in [7, 11) is 0. The van der Waals surface area contributed by atoms with Gasteiger partial charge in [-0.2, -0.15) is 0 Å². The Kier molecular flexibility index (Phi) is 3.97. The van der Waals surface area contributed by atoms with E-state index in [0.29, 0.717) is 5.92 Å². The fourth-order valence-corrected chi connectivity index (χ4v) is 2.04. The van der Waals surface area contributed by atoms with Crippen LogP contribution < -0.4 is 5.73 Å². The van der Waals surface area contributed by atoms with Crippen LogP contribution >= 0.6 is 11.6 Å². The van der Waals surface area contributed by atoms with Crippen LogP contribution in [0.2, 0.25) is 5.02 Å². The quantitative estimate of drug-likeness (QED) is 0.815. The highest BCUT2D eigenvalue weighted by Crippen LogP contribution is 2.28. The molecular formula is C12H18ClN. The number of hydrogen-bond acceptors (Lipinski definition) is 1. The van der Waals surface area contributed by atoms with E-state index in [1.165, 1.54) is 16.7 Å². The highest BCUT2D eigenvalue weighted by molar-refractivity contribution is 6.31. The summed E-state index contributed by atoms with van der Waals surface area (Å²) in [4.78, 5) is 0. The number of benzene rings is 1. The molecule has 1 aromatic carbocycles. The normalized spacial score (nSPS) is 12.9. The third kappa shape index (κ3) is 2.49. The summed E-state index contributed by atoms with van der Waals surface area (Å²) < 4.78 is 0. The number of rotatable bonds is 3. The minimum Gasteiger partial charge on any atom is -0.330 e. The Morgan fingerprint density at radius 2 is 2.00 bits per heavy atom. The Hall–Kier alpha value is -0.530. The van der Waals surface area contributed by atoms with Crippen LogP contribution in [0.25, 0.3) is 0 Å². The second kappa shape index (κ2) is 4.81. The van der Waals surface area contributed by atoms with Gasteiger partial charge in [-0.15, -0.1) is 0 Å². The van der Waals surface area contributed by atoms with Crippen molar-refractivity contribution in [1.29, 1.82) is 0 Å². The summed E-state index contributed by atoms with van der Waals surface area (Å²) in [6.45, 7) is 7.07. The zero-order valence-electron chi connectivity index (χ0n) is 9.10. The Labute approximate surface area is 91.3 Å². The highest BCUT2D eigenvalue weighted by atomic mass is 35.5. The Balaban J connectivity index is 3.07. The molecule has 0 aliphatic carbocycles. The fraction of sp³-hybridized carbons (Fsp3) is 0.500. The predicted octanol–water partition coefficient (Wildman–Crippen LogP) is 3.41. The molecule has 0 aliphatic rings. The topological polar surface area (TPSA) is 26.0 Å². The van der Waals surface area contributed by atoms with E-state index >= 15 is 0 Å². The first kappa shape index (κ1) is 11.5. The average Bonchev–Trinajstić information content (AvgIpc) is 2.11. The smallest absolute Gasteiger partial charge is 0.0440 e. The van der Waals surface area contributed by atoms with Gasteiger partial charge < -0.3 is 5.73 Å². The Morgan fingerprint density at radius 1 is 1.36 bits per heavy atom. The molecule has 0 aliphatic heterocycles. The van der Waals surface area contributed by atoms with Crippen molar-refractivity contribution in [2.75, 3.05) is 6.54 Å². The van der Waals surface area contributed by atoms with Gasteiger partial charge in [0, 0.05) is 5.02 Å². The Morgan fingerprint density at radius 3 is 2.57 bits per heavy atom. The van der Waals surface area contributed by atoms with Gasteiger partial charge in [-0.3, -0.25) is 0 Å². The van der Waals surface area contributed by atoms with E-state index in [2.05, 4.69) is 26.8 Å². The molecule has 1 unspecified atom stereocenters. The summed E-state index contributed by atoms with van der Waals surface area (Å²) in [5, 5.41) is 0.865. The molecule has 0 fully saturated rings. The van der Waals surface area contributed by atoms with Crippen LogP contribution in [0.15, 0.2) is 12.1 Å². The van der Waals surface area contributed by atoms with E-state index in [1.54, 1.807) is 0 Å². The van der Waals surface area contributed by atoms with Crippen LogP contribution in [0.4, 0.5) is 0 Å². The molecule has 1 aromatic rings. The molecule has 0 heterocycles. The maximum absolute atomic E-state index is 6.13. The van der Waals surface area contributed by atoms with Crippen molar-refractivity contribution in [3.05, 3.63) is 33.8 Å². The molecule has 0 spiro atoms. The second-order valence-electron chi connectivity index (χ2n) is 3.94. The molecule has 0 amide bonds. The zero-order valence-corrected chi connectivity index (χ0v) is 9.86. The zero-order chi connectivity index (χ0) is 10.7. The largest absolute Gasteiger partial charge is 0.330 e. The monoisotopic (exact) mass is 211 g/mol. The lowest BCUT2D eigenvalue weighted by molar-refractivity contribution is 0.685. The molecule has 0 saturated heterocycles. The molecule has 78 valence electrons. The van der Waals surface area contributed by atoms with Gasteiger partial charge in [0.2, 0.25) is 0 Å². The summed E-state index contributed by atoms with van der Waals surface area (Å²) in [5.74, 6) is 0.498. The van der Waals surface area contributed by atoms with Crippen LogP contribution in [-0.2, 0) is 0 Å². The molecule has 1 rings (SSSR count). The fourth-order valence-electron chi connectivity index (χ4n) is 1.76. The molecule has 0 radical (unpaired) electrons. The van der Waals surface area contributed by atoms with Crippen molar-refractivity contribution in [1.82, 2.24) is 0 Å². The standard InChI is InChI=1S/C12H18ClN/c1-8-6-11(9(2)4-5-14)10(3)12(13)7-8/h6-7,9H,4-5,14H2,1-3H3. The summed E-state index contributed by atoms with van der Waals surface area (Å²) >= 11 is 6.13. The summed E-state index contributed by atoms with van der Waals surface area (Å²) in [5.41, 5.74) is 9.31. The first-order valence-electron chi connectivity index (χ1n) is 5.03. The minimum atomic E-state index is 0.498. The first-order chi connectivity index (χ1) is 6.56. The summed E-state index contributed by atoms with van der Waals surface area (Å²) in [6, 6.07) is 4.22. The average molecular weight is 212 g/mol. The van der Waals surface area contributed by atoms with Gasteiger partial charge in [0.15, 0.2) is 0 Å². The van der Waals surface area contributed by atoms with E-state index in [0.717, 1.165) is 18.0 Å². The van der Waals surface area contributed by atoms with Gasteiger partial charge in [0.05, 0.1) is 0 Å². The van der Waals surface area contributed by atoms with Gasteiger partial charge in [0.1, 0.15) is 0 Å². The molecule has 14 heavy (non-hydrogen) atoms. The van der Waals surface area contributed by atoms with Crippen molar-refractivity contribution in [3.8, 4) is 0 Å². The third-order valence-corrected chi connectivity index (χ3v) is 3.05. The molecule has 1 nitrogen and oxygen atoms in total. The van der Waals surface area contributed by atoms with Crippen molar-refractivity contribution < 1.29 is 0 Å².